The molecule has 0 aliphatic heterocycles. The largest absolute Gasteiger partial charge is 0.327 e. The first-order chi connectivity index (χ1) is 7.66. The van der Waals surface area contributed by atoms with E-state index in [1.165, 1.54) is 0 Å². The van der Waals surface area contributed by atoms with Gasteiger partial charge in [-0.2, -0.15) is 0 Å². The lowest BCUT2D eigenvalue weighted by atomic mass is 9.90. The summed E-state index contributed by atoms with van der Waals surface area (Å²) in [6.45, 7) is 1.93. The average molecular weight is 235 g/mol. The molecule has 2 N–H and O–H groups in total. The molecule has 0 aliphatic rings. The molecule has 2 rings (SSSR count). The van der Waals surface area contributed by atoms with Gasteiger partial charge in [0.25, 0.3) is 0 Å². The van der Waals surface area contributed by atoms with Crippen LogP contribution < -0.4 is 5.73 Å². The van der Waals surface area contributed by atoms with Gasteiger partial charge in [-0.15, -0.1) is 11.3 Å². The number of thiophene rings is 1. The van der Waals surface area contributed by atoms with Crippen LogP contribution >= 0.6 is 11.3 Å². The minimum Gasteiger partial charge on any atom is -0.327 e. The third-order valence-electron chi connectivity index (χ3n) is 2.70. The summed E-state index contributed by atoms with van der Waals surface area (Å²) in [4.78, 5) is 1.10. The second-order valence-corrected chi connectivity index (χ2v) is 4.93. The van der Waals surface area contributed by atoms with Gasteiger partial charge in [0.05, 0.1) is 0 Å². The van der Waals surface area contributed by atoms with Crippen molar-refractivity contribution in [2.75, 3.05) is 6.54 Å². The SMILES string of the molecule is Cc1cc(C(F)(CN)c2ccccc2)cs1. The van der Waals surface area contributed by atoms with Gasteiger partial charge < -0.3 is 5.73 Å². The molecule has 84 valence electrons. The Balaban J connectivity index is 2.48. The molecule has 1 heterocycles. The van der Waals surface area contributed by atoms with Crippen molar-refractivity contribution in [1.29, 1.82) is 0 Å². The molecule has 1 aromatic carbocycles. The first kappa shape index (κ1) is 11.3. The molecule has 3 heteroatoms. The van der Waals surface area contributed by atoms with Crippen LogP contribution in [0.1, 0.15) is 16.0 Å². The second kappa shape index (κ2) is 4.36. The summed E-state index contributed by atoms with van der Waals surface area (Å²) in [5.41, 5.74) is 5.32. The van der Waals surface area contributed by atoms with E-state index in [1.54, 1.807) is 23.5 Å². The Labute approximate surface area is 98.7 Å². The number of benzene rings is 1. The zero-order valence-corrected chi connectivity index (χ0v) is 9.93. The predicted octanol–water partition coefficient (Wildman–Crippen LogP) is 3.23. The van der Waals surface area contributed by atoms with Crippen molar-refractivity contribution in [2.24, 2.45) is 5.73 Å². The maximum Gasteiger partial charge on any atom is 0.173 e. The van der Waals surface area contributed by atoms with Crippen molar-refractivity contribution < 1.29 is 4.39 Å². The summed E-state index contributed by atoms with van der Waals surface area (Å²) < 4.78 is 14.9. The van der Waals surface area contributed by atoms with Crippen molar-refractivity contribution in [3.05, 3.63) is 57.8 Å². The van der Waals surface area contributed by atoms with E-state index in [9.17, 15) is 4.39 Å². The third-order valence-corrected chi connectivity index (χ3v) is 3.56. The van der Waals surface area contributed by atoms with Crippen LogP contribution in [0.25, 0.3) is 0 Å². The average Bonchev–Trinajstić information content (AvgIpc) is 2.76. The van der Waals surface area contributed by atoms with E-state index in [-0.39, 0.29) is 6.54 Å². The van der Waals surface area contributed by atoms with Gasteiger partial charge in [-0.3, -0.25) is 0 Å². The van der Waals surface area contributed by atoms with Gasteiger partial charge in [-0.1, -0.05) is 30.3 Å². The predicted molar refractivity (Wildman–Crippen MR) is 66.4 cm³/mol. The lowest BCUT2D eigenvalue weighted by Crippen LogP contribution is -2.31. The molecule has 1 aromatic heterocycles. The molecule has 1 unspecified atom stereocenters. The highest BCUT2D eigenvalue weighted by atomic mass is 32.1. The molecular weight excluding hydrogens is 221 g/mol. The van der Waals surface area contributed by atoms with Crippen LogP contribution in [0.4, 0.5) is 4.39 Å². The number of aryl methyl sites for hydroxylation is 1. The molecule has 0 saturated carbocycles. The van der Waals surface area contributed by atoms with E-state index in [4.69, 9.17) is 5.73 Å². The lowest BCUT2D eigenvalue weighted by molar-refractivity contribution is 0.233. The molecule has 0 saturated heterocycles. The van der Waals surface area contributed by atoms with Gasteiger partial charge in [-0.25, -0.2) is 4.39 Å². The monoisotopic (exact) mass is 235 g/mol. The van der Waals surface area contributed by atoms with E-state index in [1.807, 2.05) is 36.6 Å². The first-order valence-electron chi connectivity index (χ1n) is 5.17. The number of halogens is 1. The van der Waals surface area contributed by atoms with E-state index in [2.05, 4.69) is 0 Å². The molecule has 0 aliphatic carbocycles. The van der Waals surface area contributed by atoms with Crippen LogP contribution in [-0.2, 0) is 5.67 Å². The van der Waals surface area contributed by atoms with E-state index < -0.39 is 5.67 Å². The molecule has 0 bridgehead atoms. The van der Waals surface area contributed by atoms with Gasteiger partial charge in [0, 0.05) is 17.0 Å². The molecule has 0 fully saturated rings. The molecule has 2 aromatic rings. The van der Waals surface area contributed by atoms with Crippen LogP contribution in [0.5, 0.6) is 0 Å². The molecule has 0 amide bonds. The summed E-state index contributed by atoms with van der Waals surface area (Å²) in [6.07, 6.45) is 0. The topological polar surface area (TPSA) is 26.0 Å². The summed E-state index contributed by atoms with van der Waals surface area (Å²) in [5.74, 6) is 0. The zero-order valence-electron chi connectivity index (χ0n) is 9.11. The molecular formula is C13H14FNS. The van der Waals surface area contributed by atoms with Crippen molar-refractivity contribution in [3.8, 4) is 0 Å². The minimum absolute atomic E-state index is 0.0345. The summed E-state index contributed by atoms with van der Waals surface area (Å²) >= 11 is 1.55. The standard InChI is InChI=1S/C13H14FNS/c1-10-7-12(8-16-10)13(14,9-15)11-5-3-2-4-6-11/h2-8H,9,15H2,1H3. The van der Waals surface area contributed by atoms with E-state index >= 15 is 0 Å². The number of rotatable bonds is 3. The highest BCUT2D eigenvalue weighted by molar-refractivity contribution is 7.10. The maximum absolute atomic E-state index is 14.9. The maximum atomic E-state index is 14.9. The Morgan fingerprint density at radius 1 is 1.25 bits per heavy atom. The lowest BCUT2D eigenvalue weighted by Gasteiger charge is -2.23. The Bertz CT molecular complexity index is 466. The smallest absolute Gasteiger partial charge is 0.173 e. The molecule has 16 heavy (non-hydrogen) atoms. The van der Waals surface area contributed by atoms with Crippen LogP contribution in [0.3, 0.4) is 0 Å². The van der Waals surface area contributed by atoms with E-state index in [0.717, 1.165) is 4.88 Å². The Kier molecular flexibility index (Phi) is 3.08. The minimum atomic E-state index is -1.56. The number of hydrogen-bond donors (Lipinski definition) is 1. The highest BCUT2D eigenvalue weighted by Crippen LogP contribution is 2.35. The molecule has 1 nitrogen and oxygen atoms in total. The van der Waals surface area contributed by atoms with Gasteiger partial charge >= 0.3 is 0 Å². The number of nitrogens with two attached hydrogens (primary N) is 1. The van der Waals surface area contributed by atoms with Crippen molar-refractivity contribution in [2.45, 2.75) is 12.6 Å². The van der Waals surface area contributed by atoms with E-state index in [0.29, 0.717) is 11.1 Å². The van der Waals surface area contributed by atoms with Crippen molar-refractivity contribution >= 4 is 11.3 Å². The fraction of sp³-hybridized carbons (Fsp3) is 0.231. The Morgan fingerprint density at radius 2 is 1.94 bits per heavy atom. The van der Waals surface area contributed by atoms with Crippen LogP contribution in [0, 0.1) is 6.92 Å². The normalized spacial score (nSPS) is 14.7. The zero-order chi connectivity index (χ0) is 11.6. The molecule has 1 atom stereocenters. The first-order valence-corrected chi connectivity index (χ1v) is 6.05. The summed E-state index contributed by atoms with van der Waals surface area (Å²) in [6, 6.07) is 11.0. The van der Waals surface area contributed by atoms with Gasteiger partial charge in [-0.05, 0) is 23.9 Å². The van der Waals surface area contributed by atoms with Gasteiger partial charge in [0.2, 0.25) is 0 Å². The van der Waals surface area contributed by atoms with Gasteiger partial charge in [0.15, 0.2) is 5.67 Å². The van der Waals surface area contributed by atoms with Crippen LogP contribution in [0.15, 0.2) is 41.8 Å². The molecule has 0 spiro atoms. The van der Waals surface area contributed by atoms with Crippen molar-refractivity contribution in [1.82, 2.24) is 0 Å². The summed E-state index contributed by atoms with van der Waals surface area (Å²) in [7, 11) is 0. The quantitative estimate of drug-likeness (QED) is 0.868. The van der Waals surface area contributed by atoms with Crippen LogP contribution in [0.2, 0.25) is 0 Å². The Morgan fingerprint density at radius 3 is 2.44 bits per heavy atom. The third kappa shape index (κ3) is 1.88. The van der Waals surface area contributed by atoms with Gasteiger partial charge in [0.1, 0.15) is 0 Å². The molecule has 0 radical (unpaired) electrons. The summed E-state index contributed by atoms with van der Waals surface area (Å²) in [5, 5.41) is 1.84. The second-order valence-electron chi connectivity index (χ2n) is 3.82. The number of hydrogen-bond acceptors (Lipinski definition) is 2. The fourth-order valence-corrected chi connectivity index (χ4v) is 2.52. The Hall–Kier alpha value is -1.19. The fourth-order valence-electron chi connectivity index (χ4n) is 1.76. The van der Waals surface area contributed by atoms with Crippen LogP contribution in [-0.4, -0.2) is 6.54 Å². The van der Waals surface area contributed by atoms with Crippen molar-refractivity contribution in [3.63, 3.8) is 0 Å². The number of alkyl halides is 1. The highest BCUT2D eigenvalue weighted by Gasteiger charge is 2.33.